The first-order valence-electron chi connectivity index (χ1n) is 8.16. The Morgan fingerprint density at radius 1 is 1.12 bits per heavy atom. The molecule has 0 bridgehead atoms. The molecule has 0 saturated carbocycles. The second-order valence-corrected chi connectivity index (χ2v) is 5.63. The van der Waals surface area contributed by atoms with Crippen molar-refractivity contribution in [1.82, 2.24) is 5.32 Å². The predicted octanol–water partition coefficient (Wildman–Crippen LogP) is 2.16. The minimum absolute atomic E-state index is 0.0159. The SMILES string of the molecule is CCCO/C(N)=N/C1=NC(c2ccccc2)(c2ccccc2)C(=O)N1. The van der Waals surface area contributed by atoms with Crippen LogP contribution in [0.4, 0.5) is 0 Å². The van der Waals surface area contributed by atoms with Crippen LogP contribution in [0.5, 0.6) is 0 Å². The van der Waals surface area contributed by atoms with E-state index in [-0.39, 0.29) is 17.9 Å². The molecule has 3 rings (SSSR count). The van der Waals surface area contributed by atoms with Gasteiger partial charge in [0.25, 0.3) is 11.9 Å². The van der Waals surface area contributed by atoms with Crippen LogP contribution in [0.1, 0.15) is 24.5 Å². The van der Waals surface area contributed by atoms with E-state index in [0.717, 1.165) is 17.5 Å². The standard InChI is InChI=1S/C19H20N4O2/c1-2-13-25-17(20)22-18-21-16(24)19(23-18,14-9-5-3-6-10-14)15-11-7-4-8-12-15/h3-12H,2,13H2,1H3,(H3,20,21,22,23,24). The highest BCUT2D eigenvalue weighted by atomic mass is 16.5. The van der Waals surface area contributed by atoms with Crippen molar-refractivity contribution in [3.05, 3.63) is 71.8 Å². The molecule has 0 unspecified atom stereocenters. The Morgan fingerprint density at radius 3 is 2.20 bits per heavy atom. The molecule has 0 saturated heterocycles. The zero-order chi connectivity index (χ0) is 17.7. The molecule has 0 spiro atoms. The summed E-state index contributed by atoms with van der Waals surface area (Å²) < 4.78 is 5.26. The zero-order valence-electron chi connectivity index (χ0n) is 14.0. The maximum Gasteiger partial charge on any atom is 0.289 e. The molecule has 128 valence electrons. The van der Waals surface area contributed by atoms with E-state index < -0.39 is 5.54 Å². The number of hydrogen-bond donors (Lipinski definition) is 2. The van der Waals surface area contributed by atoms with Gasteiger partial charge in [0.05, 0.1) is 6.61 Å². The van der Waals surface area contributed by atoms with E-state index in [0.29, 0.717) is 6.61 Å². The van der Waals surface area contributed by atoms with E-state index >= 15 is 0 Å². The van der Waals surface area contributed by atoms with Gasteiger partial charge < -0.3 is 10.5 Å². The lowest BCUT2D eigenvalue weighted by molar-refractivity contribution is -0.122. The van der Waals surface area contributed by atoms with Gasteiger partial charge >= 0.3 is 0 Å². The third-order valence-electron chi connectivity index (χ3n) is 3.88. The monoisotopic (exact) mass is 336 g/mol. The fourth-order valence-electron chi connectivity index (χ4n) is 2.74. The van der Waals surface area contributed by atoms with E-state index in [2.05, 4.69) is 15.3 Å². The zero-order valence-corrected chi connectivity index (χ0v) is 14.0. The summed E-state index contributed by atoms with van der Waals surface area (Å²) in [5, 5.41) is 2.71. The van der Waals surface area contributed by atoms with E-state index in [9.17, 15) is 4.79 Å². The highest BCUT2D eigenvalue weighted by Crippen LogP contribution is 2.36. The van der Waals surface area contributed by atoms with Crippen LogP contribution in [-0.2, 0) is 15.1 Å². The van der Waals surface area contributed by atoms with Crippen molar-refractivity contribution in [3.63, 3.8) is 0 Å². The Kier molecular flexibility index (Phi) is 4.79. The number of ether oxygens (including phenoxy) is 1. The van der Waals surface area contributed by atoms with Crippen molar-refractivity contribution in [2.45, 2.75) is 18.9 Å². The van der Waals surface area contributed by atoms with Gasteiger partial charge in [-0.15, -0.1) is 0 Å². The van der Waals surface area contributed by atoms with Crippen molar-refractivity contribution >= 4 is 17.9 Å². The molecule has 1 amide bonds. The second-order valence-electron chi connectivity index (χ2n) is 5.63. The van der Waals surface area contributed by atoms with Gasteiger partial charge in [-0.1, -0.05) is 67.6 Å². The van der Waals surface area contributed by atoms with Crippen molar-refractivity contribution in [1.29, 1.82) is 0 Å². The topological polar surface area (TPSA) is 89.1 Å². The van der Waals surface area contributed by atoms with Gasteiger partial charge in [0.2, 0.25) is 5.96 Å². The Bertz CT molecular complexity index is 761. The van der Waals surface area contributed by atoms with Crippen LogP contribution in [0, 0.1) is 0 Å². The fourth-order valence-corrected chi connectivity index (χ4v) is 2.74. The molecule has 6 heteroatoms. The lowest BCUT2D eigenvalue weighted by atomic mass is 9.83. The number of nitrogens with one attached hydrogen (secondary N) is 1. The van der Waals surface area contributed by atoms with E-state index in [1.165, 1.54) is 0 Å². The summed E-state index contributed by atoms with van der Waals surface area (Å²) >= 11 is 0. The number of nitrogens with zero attached hydrogens (tertiary/aromatic N) is 2. The highest BCUT2D eigenvalue weighted by Gasteiger charge is 2.47. The summed E-state index contributed by atoms with van der Waals surface area (Å²) in [6.07, 6.45) is 0.813. The predicted molar refractivity (Wildman–Crippen MR) is 97.1 cm³/mol. The number of carbonyl (C=O) groups is 1. The summed E-state index contributed by atoms with van der Waals surface area (Å²) in [5.41, 5.74) is 6.08. The number of carbonyl (C=O) groups excluding carboxylic acids is 1. The molecule has 0 atom stereocenters. The van der Waals surface area contributed by atoms with Gasteiger partial charge in [0.15, 0.2) is 5.54 Å². The molecular weight excluding hydrogens is 316 g/mol. The molecule has 2 aromatic carbocycles. The Labute approximate surface area is 146 Å². The van der Waals surface area contributed by atoms with Crippen LogP contribution >= 0.6 is 0 Å². The first kappa shape index (κ1) is 16.7. The van der Waals surface area contributed by atoms with Gasteiger partial charge in [-0.2, -0.15) is 4.99 Å². The minimum Gasteiger partial charge on any atom is -0.465 e. The van der Waals surface area contributed by atoms with Crippen LogP contribution in [0.3, 0.4) is 0 Å². The molecule has 1 aliphatic heterocycles. The minimum atomic E-state index is -1.19. The molecule has 0 aromatic heterocycles. The molecule has 0 radical (unpaired) electrons. The van der Waals surface area contributed by atoms with Crippen LogP contribution in [-0.4, -0.2) is 24.5 Å². The number of aliphatic imine (C=N–C) groups is 2. The third kappa shape index (κ3) is 3.24. The maximum atomic E-state index is 12.9. The quantitative estimate of drug-likeness (QED) is 0.662. The van der Waals surface area contributed by atoms with Gasteiger partial charge in [-0.05, 0) is 17.5 Å². The molecule has 3 N–H and O–H groups in total. The number of rotatable bonds is 4. The highest BCUT2D eigenvalue weighted by molar-refractivity contribution is 6.11. The Morgan fingerprint density at radius 2 is 1.68 bits per heavy atom. The number of nitrogens with two attached hydrogens (primary N) is 1. The number of benzene rings is 2. The van der Waals surface area contributed by atoms with Crippen molar-refractivity contribution in [3.8, 4) is 0 Å². The van der Waals surface area contributed by atoms with E-state index in [1.54, 1.807) is 0 Å². The molecule has 1 aliphatic rings. The first-order chi connectivity index (χ1) is 12.2. The summed E-state index contributed by atoms with van der Waals surface area (Å²) in [5.74, 6) is -0.127. The molecule has 0 fully saturated rings. The average Bonchev–Trinajstić information content (AvgIpc) is 2.98. The Hall–Kier alpha value is -3.15. The molecular formula is C19H20N4O2. The van der Waals surface area contributed by atoms with Gasteiger partial charge in [0.1, 0.15) is 0 Å². The summed E-state index contributed by atoms with van der Waals surface area (Å²) in [4.78, 5) is 21.6. The second kappa shape index (κ2) is 7.17. The average molecular weight is 336 g/mol. The fraction of sp³-hybridized carbons (Fsp3) is 0.211. The molecule has 1 heterocycles. The number of hydrogen-bond acceptors (Lipinski definition) is 4. The lowest BCUT2D eigenvalue weighted by Crippen LogP contribution is -2.38. The first-order valence-corrected chi connectivity index (χ1v) is 8.16. The van der Waals surface area contributed by atoms with Gasteiger partial charge in [-0.25, -0.2) is 4.99 Å². The van der Waals surface area contributed by atoms with E-state index in [4.69, 9.17) is 10.5 Å². The molecule has 0 aliphatic carbocycles. The normalized spacial score (nSPS) is 16.3. The van der Waals surface area contributed by atoms with Crippen LogP contribution in [0.2, 0.25) is 0 Å². The Balaban J connectivity index is 2.08. The van der Waals surface area contributed by atoms with Crippen molar-refractivity contribution in [2.75, 3.05) is 6.61 Å². The largest absolute Gasteiger partial charge is 0.465 e. The summed E-state index contributed by atoms with van der Waals surface area (Å²) in [7, 11) is 0. The van der Waals surface area contributed by atoms with Crippen molar-refractivity contribution < 1.29 is 9.53 Å². The number of amides is 1. The van der Waals surface area contributed by atoms with Crippen LogP contribution in [0.25, 0.3) is 0 Å². The van der Waals surface area contributed by atoms with Crippen LogP contribution in [0.15, 0.2) is 70.6 Å². The summed E-state index contributed by atoms with van der Waals surface area (Å²) in [6, 6.07) is 18.8. The smallest absolute Gasteiger partial charge is 0.289 e. The lowest BCUT2D eigenvalue weighted by Gasteiger charge is -2.24. The van der Waals surface area contributed by atoms with Crippen LogP contribution < -0.4 is 11.1 Å². The third-order valence-corrected chi connectivity index (χ3v) is 3.88. The van der Waals surface area contributed by atoms with Crippen molar-refractivity contribution in [2.24, 2.45) is 15.7 Å². The van der Waals surface area contributed by atoms with E-state index in [1.807, 2.05) is 67.6 Å². The molecule has 25 heavy (non-hydrogen) atoms. The molecule has 6 nitrogen and oxygen atoms in total. The van der Waals surface area contributed by atoms with Gasteiger partial charge in [0, 0.05) is 0 Å². The number of amidine groups is 1. The number of guanidine groups is 1. The molecule has 2 aromatic rings. The van der Waals surface area contributed by atoms with Gasteiger partial charge in [-0.3, -0.25) is 10.1 Å². The maximum absolute atomic E-state index is 12.9. The summed E-state index contributed by atoms with van der Waals surface area (Å²) in [6.45, 7) is 2.43.